The molecule has 0 bridgehead atoms. The zero-order chi connectivity index (χ0) is 14.4. The van der Waals surface area contributed by atoms with Crippen molar-refractivity contribution in [2.45, 2.75) is 0 Å². The zero-order valence-corrected chi connectivity index (χ0v) is 11.0. The lowest BCUT2D eigenvalue weighted by molar-refractivity contribution is -0.140. The van der Waals surface area contributed by atoms with Crippen LogP contribution in [0.2, 0.25) is 0 Å². The van der Waals surface area contributed by atoms with Crippen LogP contribution in [0.5, 0.6) is 0 Å². The molecule has 0 saturated heterocycles. The van der Waals surface area contributed by atoms with Crippen LogP contribution in [0.4, 0.5) is 0 Å². The Morgan fingerprint density at radius 3 is 2.21 bits per heavy atom. The quantitative estimate of drug-likeness (QED) is 0.367. The molecule has 1 saturated carbocycles. The molecule has 1 aliphatic carbocycles. The molecule has 2 atom stereocenters. The van der Waals surface area contributed by atoms with E-state index in [0.717, 1.165) is 13.1 Å². The molecule has 0 aliphatic heterocycles. The summed E-state index contributed by atoms with van der Waals surface area (Å²) in [4.78, 5) is 24.5. The molecule has 0 spiro atoms. The zero-order valence-electron chi connectivity index (χ0n) is 11.0. The summed E-state index contributed by atoms with van der Waals surface area (Å²) >= 11 is 0. The van der Waals surface area contributed by atoms with E-state index >= 15 is 0 Å². The number of hydrogen-bond donors (Lipinski definition) is 4. The Labute approximate surface area is 112 Å². The fourth-order valence-corrected chi connectivity index (χ4v) is 2.08. The summed E-state index contributed by atoms with van der Waals surface area (Å²) in [7, 11) is 0. The highest BCUT2D eigenvalue weighted by Crippen LogP contribution is 2.44. The van der Waals surface area contributed by atoms with Gasteiger partial charge in [0.15, 0.2) is 0 Å². The second-order valence-corrected chi connectivity index (χ2v) is 4.58. The lowest BCUT2D eigenvalue weighted by Gasteiger charge is -2.20. The van der Waals surface area contributed by atoms with Gasteiger partial charge in [-0.05, 0) is 5.57 Å². The number of nitrogens with one attached hydrogen (secondary N) is 1. The van der Waals surface area contributed by atoms with E-state index < -0.39 is 17.8 Å². The molecule has 2 unspecified atom stereocenters. The molecule has 7 heteroatoms. The fraction of sp³-hybridized carbons (Fsp3) is 0.667. The second-order valence-electron chi connectivity index (χ2n) is 4.58. The van der Waals surface area contributed by atoms with E-state index in [1.54, 1.807) is 0 Å². The Hall–Kier alpha value is -1.44. The normalized spacial score (nSPS) is 21.5. The molecule has 0 aromatic carbocycles. The minimum Gasteiger partial charge on any atom is -0.481 e. The second kappa shape index (κ2) is 7.22. The number of rotatable bonds is 9. The maximum absolute atomic E-state index is 11.7. The van der Waals surface area contributed by atoms with E-state index in [1.807, 2.05) is 0 Å². The van der Waals surface area contributed by atoms with Crippen molar-refractivity contribution < 1.29 is 14.7 Å². The lowest BCUT2D eigenvalue weighted by Crippen LogP contribution is -2.40. The SMILES string of the molecule is C=C1C(C(=O)O)C1C(=O)NCCN(CCN)CCN. The Kier molecular flexibility index (Phi) is 5.94. The summed E-state index contributed by atoms with van der Waals surface area (Å²) in [6.07, 6.45) is 0. The summed E-state index contributed by atoms with van der Waals surface area (Å²) in [6, 6.07) is 0. The van der Waals surface area contributed by atoms with Crippen LogP contribution >= 0.6 is 0 Å². The van der Waals surface area contributed by atoms with E-state index in [-0.39, 0.29) is 5.91 Å². The molecular formula is C12H22N4O3. The third-order valence-electron chi connectivity index (χ3n) is 3.19. The van der Waals surface area contributed by atoms with Gasteiger partial charge in [0.1, 0.15) is 0 Å². The van der Waals surface area contributed by atoms with Gasteiger partial charge >= 0.3 is 5.97 Å². The third kappa shape index (κ3) is 4.30. The summed E-state index contributed by atoms with van der Waals surface area (Å²) in [5, 5.41) is 11.5. The standard InChI is InChI=1S/C12H22N4O3/c1-8-9(10(8)12(18)19)11(17)15-4-7-16(5-2-13)6-3-14/h9-10H,1-7,13-14H2,(H,15,17)(H,18,19). The number of carbonyl (C=O) groups excluding carboxylic acids is 1. The average molecular weight is 270 g/mol. The van der Waals surface area contributed by atoms with Crippen LogP contribution in [0.1, 0.15) is 0 Å². The van der Waals surface area contributed by atoms with Crippen molar-refractivity contribution >= 4 is 11.9 Å². The largest absolute Gasteiger partial charge is 0.481 e. The molecule has 19 heavy (non-hydrogen) atoms. The Balaban J connectivity index is 2.27. The first-order chi connectivity index (χ1) is 9.02. The van der Waals surface area contributed by atoms with Crippen LogP contribution in [-0.2, 0) is 9.59 Å². The smallest absolute Gasteiger partial charge is 0.311 e. The molecule has 0 aromatic rings. The highest BCUT2D eigenvalue weighted by atomic mass is 16.4. The van der Waals surface area contributed by atoms with Crippen molar-refractivity contribution in [3.63, 3.8) is 0 Å². The van der Waals surface area contributed by atoms with Crippen molar-refractivity contribution in [1.29, 1.82) is 0 Å². The van der Waals surface area contributed by atoms with Gasteiger partial charge in [0, 0.05) is 39.3 Å². The summed E-state index contributed by atoms with van der Waals surface area (Å²) in [5.74, 6) is -2.55. The molecule has 1 aliphatic rings. The van der Waals surface area contributed by atoms with Gasteiger partial charge in [-0.25, -0.2) is 0 Å². The summed E-state index contributed by atoms with van der Waals surface area (Å²) in [6.45, 7) is 7.21. The number of hydrogen-bond acceptors (Lipinski definition) is 5. The molecule has 6 N–H and O–H groups in total. The van der Waals surface area contributed by atoms with Gasteiger partial charge in [0.2, 0.25) is 5.91 Å². The molecule has 1 fully saturated rings. The van der Waals surface area contributed by atoms with Gasteiger partial charge in [0.25, 0.3) is 0 Å². The Morgan fingerprint density at radius 2 is 1.79 bits per heavy atom. The lowest BCUT2D eigenvalue weighted by atomic mass is 10.3. The number of nitrogens with zero attached hydrogens (tertiary/aromatic N) is 1. The van der Waals surface area contributed by atoms with Crippen molar-refractivity contribution in [2.24, 2.45) is 23.3 Å². The van der Waals surface area contributed by atoms with Gasteiger partial charge in [-0.2, -0.15) is 0 Å². The minimum absolute atomic E-state index is 0.266. The Morgan fingerprint density at radius 1 is 1.21 bits per heavy atom. The van der Waals surface area contributed by atoms with Crippen molar-refractivity contribution in [2.75, 3.05) is 39.3 Å². The first kappa shape index (κ1) is 15.6. The van der Waals surface area contributed by atoms with E-state index in [4.69, 9.17) is 16.6 Å². The number of amides is 1. The van der Waals surface area contributed by atoms with Crippen molar-refractivity contribution in [3.05, 3.63) is 12.2 Å². The fourth-order valence-electron chi connectivity index (χ4n) is 2.08. The van der Waals surface area contributed by atoms with Gasteiger partial charge in [-0.15, -0.1) is 0 Å². The van der Waals surface area contributed by atoms with Crippen LogP contribution in [0.25, 0.3) is 0 Å². The summed E-state index contributed by atoms with van der Waals surface area (Å²) in [5.41, 5.74) is 11.4. The van der Waals surface area contributed by atoms with Crippen LogP contribution in [0.15, 0.2) is 12.2 Å². The molecule has 108 valence electrons. The van der Waals surface area contributed by atoms with Gasteiger partial charge in [-0.3, -0.25) is 14.5 Å². The van der Waals surface area contributed by atoms with E-state index in [0.29, 0.717) is 31.8 Å². The van der Waals surface area contributed by atoms with Crippen LogP contribution in [0, 0.1) is 11.8 Å². The maximum atomic E-state index is 11.7. The predicted molar refractivity (Wildman–Crippen MR) is 71.3 cm³/mol. The monoisotopic (exact) mass is 270 g/mol. The molecule has 7 nitrogen and oxygen atoms in total. The molecule has 0 aromatic heterocycles. The van der Waals surface area contributed by atoms with Crippen LogP contribution in [0.3, 0.4) is 0 Å². The number of carboxylic acid groups (broad SMARTS) is 1. The highest BCUT2D eigenvalue weighted by molar-refractivity contribution is 5.96. The molecule has 0 radical (unpaired) electrons. The topological polar surface area (TPSA) is 122 Å². The van der Waals surface area contributed by atoms with Gasteiger partial charge in [0.05, 0.1) is 11.8 Å². The molecular weight excluding hydrogens is 248 g/mol. The van der Waals surface area contributed by atoms with Crippen LogP contribution < -0.4 is 16.8 Å². The van der Waals surface area contributed by atoms with E-state index in [2.05, 4.69) is 16.8 Å². The first-order valence-electron chi connectivity index (χ1n) is 6.34. The number of carboxylic acids is 1. The number of nitrogens with two attached hydrogens (primary N) is 2. The average Bonchev–Trinajstić information content (AvgIpc) is 3.01. The van der Waals surface area contributed by atoms with Gasteiger partial charge in [-0.1, -0.05) is 6.58 Å². The van der Waals surface area contributed by atoms with E-state index in [1.165, 1.54) is 0 Å². The maximum Gasteiger partial charge on any atom is 0.311 e. The van der Waals surface area contributed by atoms with E-state index in [9.17, 15) is 9.59 Å². The Bertz CT molecular complexity index is 353. The van der Waals surface area contributed by atoms with Crippen LogP contribution in [-0.4, -0.2) is 61.2 Å². The van der Waals surface area contributed by atoms with Gasteiger partial charge < -0.3 is 21.9 Å². The molecule has 1 rings (SSSR count). The predicted octanol–water partition coefficient (Wildman–Crippen LogP) is -1.79. The summed E-state index contributed by atoms with van der Waals surface area (Å²) < 4.78 is 0. The minimum atomic E-state index is -0.988. The molecule has 1 amide bonds. The number of carbonyl (C=O) groups is 2. The van der Waals surface area contributed by atoms with Crippen molar-refractivity contribution in [3.8, 4) is 0 Å². The third-order valence-corrected chi connectivity index (χ3v) is 3.19. The molecule has 0 heterocycles. The van der Waals surface area contributed by atoms with Crippen molar-refractivity contribution in [1.82, 2.24) is 10.2 Å². The first-order valence-corrected chi connectivity index (χ1v) is 6.34. The highest BCUT2D eigenvalue weighted by Gasteiger charge is 2.52. The number of aliphatic carboxylic acids is 1.